The smallest absolute Gasteiger partial charge is 0.412 e. The van der Waals surface area contributed by atoms with Crippen LogP contribution in [-0.4, -0.2) is 11.2 Å². The van der Waals surface area contributed by atoms with Crippen LogP contribution in [0.2, 0.25) is 0 Å². The highest BCUT2D eigenvalue weighted by molar-refractivity contribution is 5.87. The molecule has 0 bridgehead atoms. The minimum Gasteiger partial charge on any atom is -0.441 e. The molecule has 1 N–H and O–H groups in total. The number of carbonyl (C=O) groups excluding carboxylic acids is 1. The van der Waals surface area contributed by atoms with Gasteiger partial charge in [0.2, 0.25) is 5.76 Å². The fourth-order valence-electron chi connectivity index (χ4n) is 3.41. The SMILES string of the molecule is CC1=Cc2ccc(C#Cc3onc(C)c3NC(=O)OC(C)c3ccccc3)cc2C1. The van der Waals surface area contributed by atoms with E-state index in [1.54, 1.807) is 6.92 Å². The molecule has 4 rings (SSSR count). The first kappa shape index (κ1) is 19.5. The number of fused-ring (bicyclic) bond motifs is 1. The lowest BCUT2D eigenvalue weighted by atomic mass is 10.1. The highest BCUT2D eigenvalue weighted by Gasteiger charge is 2.17. The molecule has 0 radical (unpaired) electrons. The predicted molar refractivity (Wildman–Crippen MR) is 116 cm³/mol. The van der Waals surface area contributed by atoms with E-state index in [1.807, 2.05) is 43.3 Å². The average Bonchev–Trinajstić information content (AvgIpc) is 3.28. The second-order valence-electron chi connectivity index (χ2n) is 7.39. The molecule has 0 saturated heterocycles. The summed E-state index contributed by atoms with van der Waals surface area (Å²) in [5.41, 5.74) is 6.61. The fourth-order valence-corrected chi connectivity index (χ4v) is 3.41. The summed E-state index contributed by atoms with van der Waals surface area (Å²) < 4.78 is 10.8. The van der Waals surface area contributed by atoms with Crippen LogP contribution < -0.4 is 5.32 Å². The number of rotatable bonds is 3. The summed E-state index contributed by atoms with van der Waals surface area (Å²) in [5, 5.41) is 6.65. The number of hydrogen-bond donors (Lipinski definition) is 1. The standard InChI is InChI=1S/C25H22N2O3/c1-16-13-21-11-9-19(15-22(21)14-16)10-12-23-24(17(2)27-30-23)26-25(28)29-18(3)20-7-5-4-6-8-20/h4-9,11,13,15,18H,14H2,1-3H3,(H,26,28). The van der Waals surface area contributed by atoms with Gasteiger partial charge in [-0.2, -0.15) is 0 Å². The van der Waals surface area contributed by atoms with Crippen molar-refractivity contribution in [1.82, 2.24) is 5.16 Å². The van der Waals surface area contributed by atoms with Crippen LogP contribution >= 0.6 is 0 Å². The molecule has 1 aromatic heterocycles. The molecule has 0 fully saturated rings. The molecule has 1 aliphatic rings. The molecule has 150 valence electrons. The van der Waals surface area contributed by atoms with Crippen molar-refractivity contribution in [3.8, 4) is 11.8 Å². The second-order valence-corrected chi connectivity index (χ2v) is 7.39. The monoisotopic (exact) mass is 398 g/mol. The number of benzene rings is 2. The van der Waals surface area contributed by atoms with Gasteiger partial charge in [0, 0.05) is 5.56 Å². The van der Waals surface area contributed by atoms with Gasteiger partial charge in [0.15, 0.2) is 0 Å². The van der Waals surface area contributed by atoms with Gasteiger partial charge in [-0.25, -0.2) is 4.79 Å². The maximum atomic E-state index is 12.4. The summed E-state index contributed by atoms with van der Waals surface area (Å²) in [6.45, 7) is 5.69. The minimum atomic E-state index is -0.584. The van der Waals surface area contributed by atoms with Gasteiger partial charge < -0.3 is 9.26 Å². The van der Waals surface area contributed by atoms with Gasteiger partial charge in [0.25, 0.3) is 0 Å². The Morgan fingerprint density at radius 1 is 1.17 bits per heavy atom. The Balaban J connectivity index is 1.47. The normalized spacial score (nSPS) is 13.0. The first-order chi connectivity index (χ1) is 14.5. The molecule has 1 unspecified atom stereocenters. The lowest BCUT2D eigenvalue weighted by molar-refractivity contribution is 0.121. The molecule has 0 saturated carbocycles. The molecule has 1 atom stereocenters. The van der Waals surface area contributed by atoms with E-state index in [0.29, 0.717) is 17.1 Å². The van der Waals surface area contributed by atoms with E-state index in [4.69, 9.17) is 9.26 Å². The molecule has 0 spiro atoms. The highest BCUT2D eigenvalue weighted by atomic mass is 16.6. The van der Waals surface area contributed by atoms with Crippen LogP contribution in [0.4, 0.5) is 10.5 Å². The topological polar surface area (TPSA) is 64.4 Å². The van der Waals surface area contributed by atoms with Crippen LogP contribution in [0.5, 0.6) is 0 Å². The zero-order chi connectivity index (χ0) is 21.1. The second kappa shape index (κ2) is 8.30. The molecular weight excluding hydrogens is 376 g/mol. The van der Waals surface area contributed by atoms with E-state index in [9.17, 15) is 4.79 Å². The summed E-state index contributed by atoms with van der Waals surface area (Å²) in [7, 11) is 0. The van der Waals surface area contributed by atoms with Crippen molar-refractivity contribution in [3.05, 3.63) is 87.8 Å². The van der Waals surface area contributed by atoms with Crippen LogP contribution in [0.1, 0.15) is 53.7 Å². The Labute approximate surface area is 175 Å². The number of nitrogens with one attached hydrogen (secondary N) is 1. The number of carbonyl (C=O) groups is 1. The first-order valence-electron chi connectivity index (χ1n) is 9.80. The molecule has 1 heterocycles. The van der Waals surface area contributed by atoms with Crippen LogP contribution in [0, 0.1) is 18.8 Å². The van der Waals surface area contributed by atoms with E-state index >= 15 is 0 Å². The van der Waals surface area contributed by atoms with Gasteiger partial charge in [-0.05, 0) is 61.9 Å². The number of aromatic nitrogens is 1. The molecule has 5 heteroatoms. The molecule has 3 aromatic rings. The molecule has 2 aromatic carbocycles. The van der Waals surface area contributed by atoms with Crippen LogP contribution in [0.25, 0.3) is 6.08 Å². The zero-order valence-corrected chi connectivity index (χ0v) is 17.2. The third-order valence-corrected chi connectivity index (χ3v) is 4.98. The van der Waals surface area contributed by atoms with Crippen molar-refractivity contribution < 1.29 is 14.1 Å². The third kappa shape index (κ3) is 4.28. The van der Waals surface area contributed by atoms with Crippen molar-refractivity contribution in [2.24, 2.45) is 0 Å². The molecule has 0 aliphatic heterocycles. The van der Waals surface area contributed by atoms with Gasteiger partial charge >= 0.3 is 6.09 Å². The van der Waals surface area contributed by atoms with Crippen molar-refractivity contribution in [1.29, 1.82) is 0 Å². The van der Waals surface area contributed by atoms with Crippen molar-refractivity contribution in [2.45, 2.75) is 33.3 Å². The predicted octanol–water partition coefficient (Wildman–Crippen LogP) is 5.65. The summed E-state index contributed by atoms with van der Waals surface area (Å²) in [5.74, 6) is 6.37. The zero-order valence-electron chi connectivity index (χ0n) is 17.2. The number of allylic oxidation sites excluding steroid dienone is 1. The fraction of sp³-hybridized carbons (Fsp3) is 0.200. The molecular formula is C25H22N2O3. The molecule has 5 nitrogen and oxygen atoms in total. The Morgan fingerprint density at radius 3 is 2.77 bits per heavy atom. The van der Waals surface area contributed by atoms with Crippen molar-refractivity contribution in [2.75, 3.05) is 5.32 Å². The maximum Gasteiger partial charge on any atom is 0.412 e. The van der Waals surface area contributed by atoms with E-state index in [-0.39, 0.29) is 6.10 Å². The number of anilines is 1. The largest absolute Gasteiger partial charge is 0.441 e. The quantitative estimate of drug-likeness (QED) is 0.579. The third-order valence-electron chi connectivity index (χ3n) is 4.98. The average molecular weight is 398 g/mol. The number of nitrogens with zero attached hydrogens (tertiary/aromatic N) is 1. The van der Waals surface area contributed by atoms with E-state index in [1.165, 1.54) is 16.7 Å². The molecule has 1 aliphatic carbocycles. The first-order valence-corrected chi connectivity index (χ1v) is 9.80. The van der Waals surface area contributed by atoms with Gasteiger partial charge in [-0.15, -0.1) is 0 Å². The van der Waals surface area contributed by atoms with Gasteiger partial charge in [0.1, 0.15) is 17.5 Å². The van der Waals surface area contributed by atoms with Gasteiger partial charge in [-0.1, -0.05) is 59.1 Å². The Morgan fingerprint density at radius 2 is 1.97 bits per heavy atom. The lowest BCUT2D eigenvalue weighted by Gasteiger charge is -2.13. The minimum absolute atomic E-state index is 0.298. The van der Waals surface area contributed by atoms with Crippen LogP contribution in [-0.2, 0) is 11.2 Å². The molecule has 1 amide bonds. The van der Waals surface area contributed by atoms with Crippen molar-refractivity contribution >= 4 is 17.9 Å². The molecule has 30 heavy (non-hydrogen) atoms. The number of aryl methyl sites for hydroxylation is 1. The van der Waals surface area contributed by atoms with E-state index in [2.05, 4.69) is 47.4 Å². The summed E-state index contributed by atoms with van der Waals surface area (Å²) in [6.07, 6.45) is 2.17. The van der Waals surface area contributed by atoms with E-state index < -0.39 is 6.09 Å². The number of amides is 1. The Kier molecular flexibility index (Phi) is 5.40. The van der Waals surface area contributed by atoms with Crippen LogP contribution in [0.3, 0.4) is 0 Å². The number of ether oxygens (including phenoxy) is 1. The van der Waals surface area contributed by atoms with E-state index in [0.717, 1.165) is 17.5 Å². The summed E-state index contributed by atoms with van der Waals surface area (Å²) >= 11 is 0. The van der Waals surface area contributed by atoms with Gasteiger partial charge in [-0.3, -0.25) is 5.32 Å². The lowest BCUT2D eigenvalue weighted by Crippen LogP contribution is -2.16. The maximum absolute atomic E-state index is 12.4. The Bertz CT molecular complexity index is 1180. The summed E-state index contributed by atoms with van der Waals surface area (Å²) in [6, 6.07) is 15.7. The Hall–Kier alpha value is -3.78. The van der Waals surface area contributed by atoms with Crippen LogP contribution in [0.15, 0.2) is 58.6 Å². The number of hydrogen-bond acceptors (Lipinski definition) is 4. The van der Waals surface area contributed by atoms with Crippen molar-refractivity contribution in [3.63, 3.8) is 0 Å². The highest BCUT2D eigenvalue weighted by Crippen LogP contribution is 2.26. The van der Waals surface area contributed by atoms with Gasteiger partial charge in [0.05, 0.1) is 0 Å². The summed E-state index contributed by atoms with van der Waals surface area (Å²) in [4.78, 5) is 12.4.